The van der Waals surface area contributed by atoms with Crippen LogP contribution in [0.1, 0.15) is 25.2 Å². The fraction of sp³-hybridized carbons (Fsp3) is 0.294. The largest absolute Gasteiger partial charge is 0.472 e. The second-order valence-electron chi connectivity index (χ2n) is 5.74. The highest BCUT2D eigenvalue weighted by molar-refractivity contribution is 7.08. The van der Waals surface area contributed by atoms with Gasteiger partial charge in [0.2, 0.25) is 10.9 Å². The van der Waals surface area contributed by atoms with Gasteiger partial charge in [-0.2, -0.15) is 4.37 Å². The SMILES string of the molecule is Cc1onc(-c2ccccn2)c1COc1cc(OC(=O)NC(C)C)sn1. The fourth-order valence-corrected chi connectivity index (χ4v) is 2.68. The molecule has 8 nitrogen and oxygen atoms in total. The molecule has 26 heavy (non-hydrogen) atoms. The molecule has 3 aromatic rings. The monoisotopic (exact) mass is 374 g/mol. The maximum Gasteiger partial charge on any atom is 0.413 e. The average molecular weight is 374 g/mol. The Labute approximate surface area is 154 Å². The molecule has 0 fully saturated rings. The van der Waals surface area contributed by atoms with Gasteiger partial charge in [-0.1, -0.05) is 11.2 Å². The van der Waals surface area contributed by atoms with Gasteiger partial charge in [0, 0.05) is 23.8 Å². The average Bonchev–Trinajstić information content (AvgIpc) is 3.19. The number of pyridine rings is 1. The number of amides is 1. The lowest BCUT2D eigenvalue weighted by Gasteiger charge is -2.06. The van der Waals surface area contributed by atoms with Crippen molar-refractivity contribution in [2.75, 3.05) is 0 Å². The van der Waals surface area contributed by atoms with Crippen molar-refractivity contribution in [1.82, 2.24) is 19.8 Å². The van der Waals surface area contributed by atoms with Crippen molar-refractivity contribution in [3.8, 4) is 22.3 Å². The number of hydrogen-bond acceptors (Lipinski definition) is 8. The first kappa shape index (κ1) is 17.9. The number of hydrogen-bond donors (Lipinski definition) is 1. The molecule has 1 N–H and O–H groups in total. The second-order valence-corrected chi connectivity index (χ2v) is 6.51. The Morgan fingerprint density at radius 1 is 1.38 bits per heavy atom. The zero-order chi connectivity index (χ0) is 18.5. The molecule has 3 rings (SSSR count). The van der Waals surface area contributed by atoms with E-state index >= 15 is 0 Å². The van der Waals surface area contributed by atoms with Crippen LogP contribution >= 0.6 is 11.5 Å². The predicted octanol–water partition coefficient (Wildman–Crippen LogP) is 3.58. The van der Waals surface area contributed by atoms with Gasteiger partial charge < -0.3 is 19.3 Å². The Morgan fingerprint density at radius 3 is 2.96 bits per heavy atom. The Hall–Kier alpha value is -2.94. The van der Waals surface area contributed by atoms with E-state index in [4.69, 9.17) is 14.0 Å². The summed E-state index contributed by atoms with van der Waals surface area (Å²) >= 11 is 1.04. The summed E-state index contributed by atoms with van der Waals surface area (Å²) in [4.78, 5) is 15.9. The van der Waals surface area contributed by atoms with Crippen LogP contribution in [0.5, 0.6) is 10.9 Å². The van der Waals surface area contributed by atoms with Crippen LogP contribution in [0.2, 0.25) is 0 Å². The highest BCUT2D eigenvalue weighted by Crippen LogP contribution is 2.28. The van der Waals surface area contributed by atoms with E-state index in [9.17, 15) is 4.79 Å². The highest BCUT2D eigenvalue weighted by Gasteiger charge is 2.17. The van der Waals surface area contributed by atoms with Gasteiger partial charge in [0.1, 0.15) is 18.1 Å². The van der Waals surface area contributed by atoms with E-state index in [-0.39, 0.29) is 12.6 Å². The molecule has 0 aliphatic heterocycles. The summed E-state index contributed by atoms with van der Waals surface area (Å²) < 4.78 is 20.2. The summed E-state index contributed by atoms with van der Waals surface area (Å²) in [5.41, 5.74) is 2.12. The molecule has 0 aliphatic rings. The van der Waals surface area contributed by atoms with Crippen LogP contribution in [0.4, 0.5) is 4.79 Å². The van der Waals surface area contributed by atoms with Gasteiger partial charge >= 0.3 is 6.09 Å². The number of ether oxygens (including phenoxy) is 2. The summed E-state index contributed by atoms with van der Waals surface area (Å²) in [5, 5.41) is 7.05. The minimum Gasteiger partial charge on any atom is -0.472 e. The molecular weight excluding hydrogens is 356 g/mol. The maximum absolute atomic E-state index is 11.6. The third-order valence-electron chi connectivity index (χ3n) is 3.32. The van der Waals surface area contributed by atoms with E-state index < -0.39 is 6.09 Å². The van der Waals surface area contributed by atoms with Crippen molar-refractivity contribution in [2.24, 2.45) is 0 Å². The summed E-state index contributed by atoms with van der Waals surface area (Å²) in [5.74, 6) is 1.00. The first-order valence-electron chi connectivity index (χ1n) is 7.97. The lowest BCUT2D eigenvalue weighted by molar-refractivity contribution is 0.199. The number of carbonyl (C=O) groups is 1. The van der Waals surface area contributed by atoms with Crippen LogP contribution in [0, 0.1) is 6.92 Å². The van der Waals surface area contributed by atoms with Crippen molar-refractivity contribution in [1.29, 1.82) is 0 Å². The van der Waals surface area contributed by atoms with Gasteiger partial charge in [0.15, 0.2) is 0 Å². The third kappa shape index (κ3) is 4.37. The molecule has 0 saturated heterocycles. The molecule has 1 amide bonds. The van der Waals surface area contributed by atoms with E-state index in [0.29, 0.717) is 28.1 Å². The summed E-state index contributed by atoms with van der Waals surface area (Å²) in [6, 6.07) is 7.12. The molecule has 3 heterocycles. The van der Waals surface area contributed by atoms with Gasteiger partial charge in [-0.15, -0.1) is 0 Å². The number of nitrogens with one attached hydrogen (secondary N) is 1. The van der Waals surface area contributed by atoms with Gasteiger partial charge in [-0.05, 0) is 32.9 Å². The number of carbonyl (C=O) groups excluding carboxylic acids is 1. The van der Waals surface area contributed by atoms with Gasteiger partial charge in [-0.25, -0.2) is 4.79 Å². The molecule has 0 unspecified atom stereocenters. The highest BCUT2D eigenvalue weighted by atomic mass is 32.1. The zero-order valence-electron chi connectivity index (χ0n) is 14.6. The lowest BCUT2D eigenvalue weighted by atomic mass is 10.1. The summed E-state index contributed by atoms with van der Waals surface area (Å²) in [7, 11) is 0. The minimum atomic E-state index is -0.525. The van der Waals surface area contributed by atoms with Gasteiger partial charge in [0.05, 0.1) is 17.3 Å². The standard InChI is InChI=1S/C17H18N4O4S/c1-10(2)19-17(22)24-15-8-14(21-26-15)23-9-12-11(3)25-20-16(12)13-6-4-5-7-18-13/h4-8,10H,9H2,1-3H3,(H,19,22). The van der Waals surface area contributed by atoms with Crippen molar-refractivity contribution in [3.05, 3.63) is 41.8 Å². The number of rotatable bonds is 6. The van der Waals surface area contributed by atoms with Gasteiger partial charge in [0.25, 0.3) is 0 Å². The molecule has 0 atom stereocenters. The third-order valence-corrected chi connectivity index (χ3v) is 3.98. The van der Waals surface area contributed by atoms with E-state index in [1.165, 1.54) is 0 Å². The van der Waals surface area contributed by atoms with Crippen LogP contribution in [0.3, 0.4) is 0 Å². The summed E-state index contributed by atoms with van der Waals surface area (Å²) in [6.45, 7) is 5.72. The Kier molecular flexibility index (Phi) is 5.47. The van der Waals surface area contributed by atoms with E-state index in [2.05, 4.69) is 19.8 Å². The molecule has 0 spiro atoms. The quantitative estimate of drug-likeness (QED) is 0.704. The molecule has 136 valence electrons. The fourth-order valence-electron chi connectivity index (χ4n) is 2.13. The van der Waals surface area contributed by atoms with Crippen LogP contribution in [0.15, 0.2) is 35.0 Å². The van der Waals surface area contributed by atoms with Crippen molar-refractivity contribution in [2.45, 2.75) is 33.4 Å². The van der Waals surface area contributed by atoms with E-state index in [1.807, 2.05) is 39.0 Å². The normalized spacial score (nSPS) is 10.8. The smallest absolute Gasteiger partial charge is 0.413 e. The predicted molar refractivity (Wildman–Crippen MR) is 95.2 cm³/mol. The first-order chi connectivity index (χ1) is 12.5. The van der Waals surface area contributed by atoms with Crippen LogP contribution in [-0.2, 0) is 6.61 Å². The molecular formula is C17H18N4O4S. The molecule has 0 aliphatic carbocycles. The van der Waals surface area contributed by atoms with E-state index in [0.717, 1.165) is 17.1 Å². The van der Waals surface area contributed by atoms with Crippen molar-refractivity contribution < 1.29 is 18.8 Å². The first-order valence-corrected chi connectivity index (χ1v) is 8.74. The molecule has 9 heteroatoms. The minimum absolute atomic E-state index is 0.00674. The summed E-state index contributed by atoms with van der Waals surface area (Å²) in [6.07, 6.45) is 1.17. The van der Waals surface area contributed by atoms with Crippen LogP contribution < -0.4 is 14.8 Å². The molecule has 3 aromatic heterocycles. The molecule has 0 bridgehead atoms. The van der Waals surface area contributed by atoms with Crippen molar-refractivity contribution >= 4 is 17.6 Å². The Morgan fingerprint density at radius 2 is 2.23 bits per heavy atom. The Balaban J connectivity index is 1.65. The number of aromatic nitrogens is 3. The molecule has 0 aromatic carbocycles. The zero-order valence-corrected chi connectivity index (χ0v) is 15.4. The van der Waals surface area contributed by atoms with Crippen molar-refractivity contribution in [3.63, 3.8) is 0 Å². The number of aryl methyl sites for hydroxylation is 1. The Bertz CT molecular complexity index is 876. The maximum atomic E-state index is 11.6. The topological polar surface area (TPSA) is 99.4 Å². The van der Waals surface area contributed by atoms with E-state index in [1.54, 1.807) is 12.3 Å². The van der Waals surface area contributed by atoms with Crippen LogP contribution in [-0.4, -0.2) is 26.6 Å². The molecule has 0 saturated carbocycles. The second kappa shape index (κ2) is 7.96. The molecule has 0 radical (unpaired) electrons. The number of nitrogens with zero attached hydrogens (tertiary/aromatic N) is 3. The van der Waals surface area contributed by atoms with Gasteiger partial charge in [-0.3, -0.25) is 4.98 Å². The lowest BCUT2D eigenvalue weighted by Crippen LogP contribution is -2.32. The van der Waals surface area contributed by atoms with Crippen LogP contribution in [0.25, 0.3) is 11.4 Å².